The second-order valence-corrected chi connectivity index (χ2v) is 7.08. The Bertz CT molecular complexity index is 799. The van der Waals surface area contributed by atoms with Gasteiger partial charge in [0.2, 0.25) is 0 Å². The van der Waals surface area contributed by atoms with Gasteiger partial charge in [-0.1, -0.05) is 0 Å². The molecule has 0 heterocycles. The Morgan fingerprint density at radius 3 is 2.38 bits per heavy atom. The summed E-state index contributed by atoms with van der Waals surface area (Å²) in [5.74, 6) is 3.10. The molecule has 0 amide bonds. The first-order chi connectivity index (χ1) is 12.6. The molecule has 3 atom stereocenters. The van der Waals surface area contributed by atoms with Gasteiger partial charge in [0.25, 0.3) is 0 Å². The second kappa shape index (κ2) is 6.90. The van der Waals surface area contributed by atoms with Gasteiger partial charge in [-0.3, -0.25) is 0 Å². The zero-order valence-corrected chi connectivity index (χ0v) is 14.7. The first-order valence-corrected chi connectivity index (χ1v) is 8.98. The summed E-state index contributed by atoms with van der Waals surface area (Å²) in [7, 11) is 1.63. The van der Waals surface area contributed by atoms with Gasteiger partial charge in [0, 0.05) is 6.07 Å². The number of hydrogen-bond acceptors (Lipinski definition) is 4. The first kappa shape index (κ1) is 16.8. The molecule has 4 rings (SSSR count). The number of carbonyl (C=O) groups is 1. The van der Waals surface area contributed by atoms with E-state index in [4.69, 9.17) is 19.3 Å². The van der Waals surface area contributed by atoms with Crippen LogP contribution in [0.3, 0.4) is 0 Å². The van der Waals surface area contributed by atoms with Gasteiger partial charge in [-0.15, -0.1) is 0 Å². The Labute approximate surface area is 152 Å². The minimum Gasteiger partial charge on any atom is -0.493 e. The molecular weight excluding hydrogens is 332 g/mol. The lowest BCUT2D eigenvalue weighted by molar-refractivity contribution is 0.0697. The van der Waals surface area contributed by atoms with E-state index in [1.165, 1.54) is 31.4 Å². The van der Waals surface area contributed by atoms with Gasteiger partial charge in [-0.2, -0.15) is 0 Å². The van der Waals surface area contributed by atoms with Crippen molar-refractivity contribution in [3.8, 4) is 23.0 Å². The average molecular weight is 354 g/mol. The van der Waals surface area contributed by atoms with E-state index in [9.17, 15) is 4.79 Å². The highest BCUT2D eigenvalue weighted by molar-refractivity contribution is 5.87. The number of fused-ring (bicyclic) bond motifs is 2. The van der Waals surface area contributed by atoms with E-state index in [2.05, 4.69) is 0 Å². The molecule has 2 bridgehead atoms. The van der Waals surface area contributed by atoms with Gasteiger partial charge in [0.1, 0.15) is 17.6 Å². The Morgan fingerprint density at radius 1 is 1.00 bits per heavy atom. The molecule has 2 saturated carbocycles. The zero-order chi connectivity index (χ0) is 18.1. The monoisotopic (exact) mass is 354 g/mol. The van der Waals surface area contributed by atoms with Gasteiger partial charge < -0.3 is 19.3 Å². The van der Waals surface area contributed by atoms with Crippen molar-refractivity contribution in [1.82, 2.24) is 0 Å². The summed E-state index contributed by atoms with van der Waals surface area (Å²) < 4.78 is 17.6. The van der Waals surface area contributed by atoms with Crippen LogP contribution in [0.1, 0.15) is 36.0 Å². The predicted octanol–water partition coefficient (Wildman–Crippen LogP) is 4.75. The summed E-state index contributed by atoms with van der Waals surface area (Å²) in [6, 6.07) is 11.8. The number of carboxylic acids is 1. The van der Waals surface area contributed by atoms with Crippen LogP contribution in [0.2, 0.25) is 0 Å². The molecule has 0 aromatic heterocycles. The number of ether oxygens (including phenoxy) is 3. The van der Waals surface area contributed by atoms with Crippen molar-refractivity contribution in [3.05, 3.63) is 48.0 Å². The lowest BCUT2D eigenvalue weighted by atomic mass is 9.98. The predicted molar refractivity (Wildman–Crippen MR) is 96.3 cm³/mol. The molecule has 2 fully saturated rings. The van der Waals surface area contributed by atoms with Crippen LogP contribution < -0.4 is 14.2 Å². The van der Waals surface area contributed by atoms with E-state index in [-0.39, 0.29) is 11.7 Å². The standard InChI is InChI=1S/C21H22O5/c1-24-18-9-8-17(25-16-6-4-14(5-7-16)21(22)23)12-20(18)26-19-11-13-2-3-15(19)10-13/h4-9,12-13,15,19H,2-3,10-11H2,1H3,(H,22,23). The zero-order valence-electron chi connectivity index (χ0n) is 14.7. The van der Waals surface area contributed by atoms with Crippen molar-refractivity contribution >= 4 is 5.97 Å². The van der Waals surface area contributed by atoms with Gasteiger partial charge >= 0.3 is 5.97 Å². The Hall–Kier alpha value is -2.69. The van der Waals surface area contributed by atoms with Gasteiger partial charge in [-0.25, -0.2) is 4.79 Å². The fourth-order valence-electron chi connectivity index (χ4n) is 4.11. The van der Waals surface area contributed by atoms with Crippen LogP contribution in [-0.2, 0) is 0 Å². The number of rotatable bonds is 6. The summed E-state index contributed by atoms with van der Waals surface area (Å²) in [6.07, 6.45) is 5.24. The molecule has 2 aliphatic rings. The summed E-state index contributed by atoms with van der Waals surface area (Å²) in [5, 5.41) is 8.97. The normalized spacial score (nSPS) is 23.7. The van der Waals surface area contributed by atoms with E-state index in [1.54, 1.807) is 19.2 Å². The SMILES string of the molecule is COc1ccc(Oc2ccc(C(=O)O)cc2)cc1OC1CC2CCC1C2. The van der Waals surface area contributed by atoms with Crippen LogP contribution in [0, 0.1) is 11.8 Å². The van der Waals surface area contributed by atoms with Gasteiger partial charge in [0.15, 0.2) is 11.5 Å². The van der Waals surface area contributed by atoms with Crippen molar-refractivity contribution in [1.29, 1.82) is 0 Å². The van der Waals surface area contributed by atoms with Crippen LogP contribution in [0.5, 0.6) is 23.0 Å². The number of carboxylic acid groups (broad SMARTS) is 1. The molecule has 0 saturated heterocycles. The van der Waals surface area contributed by atoms with Crippen molar-refractivity contribution in [2.75, 3.05) is 7.11 Å². The third-order valence-corrected chi connectivity index (χ3v) is 5.42. The van der Waals surface area contributed by atoms with Crippen molar-refractivity contribution in [3.63, 3.8) is 0 Å². The molecule has 0 spiro atoms. The van der Waals surface area contributed by atoms with Gasteiger partial charge in [-0.05, 0) is 73.9 Å². The maximum atomic E-state index is 10.9. The number of aromatic carboxylic acids is 1. The Morgan fingerprint density at radius 2 is 1.77 bits per heavy atom. The maximum Gasteiger partial charge on any atom is 0.335 e. The summed E-state index contributed by atoms with van der Waals surface area (Å²) in [5.41, 5.74) is 0.229. The van der Waals surface area contributed by atoms with Crippen molar-refractivity contribution in [2.45, 2.75) is 31.8 Å². The second-order valence-electron chi connectivity index (χ2n) is 7.08. The molecule has 1 N–H and O–H groups in total. The molecule has 136 valence electrons. The molecule has 0 aliphatic heterocycles. The summed E-state index contributed by atoms with van der Waals surface area (Å²) >= 11 is 0. The van der Waals surface area contributed by atoms with Crippen LogP contribution in [0.25, 0.3) is 0 Å². The molecule has 2 aromatic carbocycles. The third kappa shape index (κ3) is 3.34. The quantitative estimate of drug-likeness (QED) is 0.811. The van der Waals surface area contributed by atoms with E-state index in [0.717, 1.165) is 12.3 Å². The minimum absolute atomic E-state index is 0.229. The highest BCUT2D eigenvalue weighted by atomic mass is 16.5. The molecule has 3 unspecified atom stereocenters. The molecule has 0 radical (unpaired) electrons. The topological polar surface area (TPSA) is 65.0 Å². The third-order valence-electron chi connectivity index (χ3n) is 5.42. The van der Waals surface area contributed by atoms with Crippen LogP contribution in [0.4, 0.5) is 0 Å². The van der Waals surface area contributed by atoms with Gasteiger partial charge in [0.05, 0.1) is 12.7 Å². The highest BCUT2D eigenvalue weighted by Gasteiger charge is 2.41. The molecule has 2 aromatic rings. The van der Waals surface area contributed by atoms with E-state index < -0.39 is 5.97 Å². The maximum absolute atomic E-state index is 10.9. The van der Waals surface area contributed by atoms with Crippen molar-refractivity contribution in [2.24, 2.45) is 11.8 Å². The molecule has 26 heavy (non-hydrogen) atoms. The summed E-state index contributed by atoms with van der Waals surface area (Å²) in [6.45, 7) is 0. The van der Waals surface area contributed by atoms with Crippen molar-refractivity contribution < 1.29 is 24.1 Å². The van der Waals surface area contributed by atoms with Crippen LogP contribution >= 0.6 is 0 Å². The Kier molecular flexibility index (Phi) is 4.45. The fourth-order valence-corrected chi connectivity index (χ4v) is 4.11. The van der Waals surface area contributed by atoms with Crippen LogP contribution in [0.15, 0.2) is 42.5 Å². The van der Waals surface area contributed by atoms with E-state index >= 15 is 0 Å². The first-order valence-electron chi connectivity index (χ1n) is 8.98. The lowest BCUT2D eigenvalue weighted by Gasteiger charge is -2.24. The van der Waals surface area contributed by atoms with E-state index in [1.807, 2.05) is 18.2 Å². The fraction of sp³-hybridized carbons (Fsp3) is 0.381. The smallest absolute Gasteiger partial charge is 0.335 e. The molecule has 5 heteroatoms. The molecule has 5 nitrogen and oxygen atoms in total. The van der Waals surface area contributed by atoms with E-state index in [0.29, 0.717) is 28.9 Å². The largest absolute Gasteiger partial charge is 0.493 e. The Balaban J connectivity index is 1.51. The number of methoxy groups -OCH3 is 1. The number of benzene rings is 2. The lowest BCUT2D eigenvalue weighted by Crippen LogP contribution is -2.23. The molecular formula is C21H22O5. The number of hydrogen-bond donors (Lipinski definition) is 1. The summed E-state index contributed by atoms with van der Waals surface area (Å²) in [4.78, 5) is 10.9. The van der Waals surface area contributed by atoms with Crippen LogP contribution in [-0.4, -0.2) is 24.3 Å². The minimum atomic E-state index is -0.956. The highest BCUT2D eigenvalue weighted by Crippen LogP contribution is 2.47. The average Bonchev–Trinajstić information content (AvgIpc) is 3.25. The molecule has 2 aliphatic carbocycles.